The molecule has 2 aromatic heterocycles. The van der Waals surface area contributed by atoms with Crippen LogP contribution in [0.2, 0.25) is 0 Å². The minimum Gasteiger partial charge on any atom is -0.361 e. The number of amides is 1. The second-order valence-electron chi connectivity index (χ2n) is 6.34. The smallest absolute Gasteiger partial charge is 0.316 e. The molecule has 25 heavy (non-hydrogen) atoms. The number of nitrogens with zero attached hydrogens (tertiary/aromatic N) is 3. The SMILES string of the molecule is CCN1CCCC1CNC(=O)c1nc(-c2ccc3cc[nH]c3c2)no1. The number of carbonyl (C=O) groups excluding carboxylic acids is 1. The third kappa shape index (κ3) is 3.15. The lowest BCUT2D eigenvalue weighted by molar-refractivity contribution is 0.0897. The molecule has 1 atom stereocenters. The summed E-state index contributed by atoms with van der Waals surface area (Å²) in [4.78, 5) is 22.0. The van der Waals surface area contributed by atoms with E-state index in [4.69, 9.17) is 4.52 Å². The van der Waals surface area contributed by atoms with Gasteiger partial charge in [-0.1, -0.05) is 24.2 Å². The molecule has 1 aliphatic rings. The molecular weight excluding hydrogens is 318 g/mol. The average Bonchev–Trinajstić information content (AvgIpc) is 3.38. The second-order valence-corrected chi connectivity index (χ2v) is 6.34. The van der Waals surface area contributed by atoms with Crippen molar-refractivity contribution in [3.05, 3.63) is 36.4 Å². The van der Waals surface area contributed by atoms with E-state index < -0.39 is 0 Å². The Bertz CT molecular complexity index is 884. The fourth-order valence-electron chi connectivity index (χ4n) is 3.45. The maximum absolute atomic E-state index is 12.3. The zero-order valence-electron chi connectivity index (χ0n) is 14.2. The van der Waals surface area contributed by atoms with E-state index in [0.29, 0.717) is 18.4 Å². The third-order valence-corrected chi connectivity index (χ3v) is 4.84. The summed E-state index contributed by atoms with van der Waals surface area (Å²) in [5.41, 5.74) is 1.81. The van der Waals surface area contributed by atoms with Gasteiger partial charge in [0, 0.05) is 29.9 Å². The van der Waals surface area contributed by atoms with E-state index in [0.717, 1.165) is 36.0 Å². The summed E-state index contributed by atoms with van der Waals surface area (Å²) >= 11 is 0. The van der Waals surface area contributed by atoms with Crippen molar-refractivity contribution in [2.75, 3.05) is 19.6 Å². The van der Waals surface area contributed by atoms with Crippen molar-refractivity contribution in [3.8, 4) is 11.4 Å². The number of nitrogens with one attached hydrogen (secondary N) is 2. The Morgan fingerprint density at radius 1 is 1.44 bits per heavy atom. The molecule has 4 rings (SSSR count). The Hall–Kier alpha value is -2.67. The van der Waals surface area contributed by atoms with Crippen molar-refractivity contribution in [2.24, 2.45) is 0 Å². The molecule has 3 heterocycles. The van der Waals surface area contributed by atoms with Crippen LogP contribution in [0.4, 0.5) is 0 Å². The second kappa shape index (κ2) is 6.68. The minimum absolute atomic E-state index is 0.00243. The first-order valence-corrected chi connectivity index (χ1v) is 8.68. The van der Waals surface area contributed by atoms with E-state index in [2.05, 4.69) is 32.3 Å². The van der Waals surface area contributed by atoms with Gasteiger partial charge in [-0.15, -0.1) is 0 Å². The lowest BCUT2D eigenvalue weighted by atomic mass is 10.1. The van der Waals surface area contributed by atoms with E-state index in [1.54, 1.807) is 0 Å². The number of likely N-dealkylation sites (N-methyl/N-ethyl adjacent to an activating group) is 1. The maximum Gasteiger partial charge on any atom is 0.316 e. The van der Waals surface area contributed by atoms with Crippen molar-refractivity contribution < 1.29 is 9.32 Å². The number of carbonyl (C=O) groups is 1. The first kappa shape index (κ1) is 15.8. The molecule has 7 nitrogen and oxygen atoms in total. The maximum atomic E-state index is 12.3. The summed E-state index contributed by atoms with van der Waals surface area (Å²) in [6.07, 6.45) is 4.17. The largest absolute Gasteiger partial charge is 0.361 e. The zero-order valence-corrected chi connectivity index (χ0v) is 14.2. The Labute approximate surface area is 145 Å². The van der Waals surface area contributed by atoms with Gasteiger partial charge in [-0.2, -0.15) is 4.98 Å². The van der Waals surface area contributed by atoms with Gasteiger partial charge in [-0.3, -0.25) is 9.69 Å². The number of aromatic nitrogens is 3. The number of hydrogen-bond donors (Lipinski definition) is 2. The summed E-state index contributed by atoms with van der Waals surface area (Å²) in [5.74, 6) is 0.1000. The van der Waals surface area contributed by atoms with Gasteiger partial charge in [0.25, 0.3) is 0 Å². The molecule has 130 valence electrons. The number of hydrogen-bond acceptors (Lipinski definition) is 5. The van der Waals surface area contributed by atoms with Crippen molar-refractivity contribution in [1.82, 2.24) is 25.3 Å². The van der Waals surface area contributed by atoms with Crippen LogP contribution in [-0.4, -0.2) is 51.6 Å². The van der Waals surface area contributed by atoms with Gasteiger partial charge in [0.2, 0.25) is 5.82 Å². The first-order chi connectivity index (χ1) is 12.2. The molecule has 1 saturated heterocycles. The quantitative estimate of drug-likeness (QED) is 0.745. The molecule has 0 radical (unpaired) electrons. The third-order valence-electron chi connectivity index (χ3n) is 4.84. The lowest BCUT2D eigenvalue weighted by Crippen LogP contribution is -2.40. The van der Waals surface area contributed by atoms with Crippen LogP contribution >= 0.6 is 0 Å². The number of benzene rings is 1. The van der Waals surface area contributed by atoms with Crippen LogP contribution in [0.5, 0.6) is 0 Å². The zero-order chi connectivity index (χ0) is 17.2. The Morgan fingerprint density at radius 3 is 3.24 bits per heavy atom. The highest BCUT2D eigenvalue weighted by molar-refractivity contribution is 5.90. The van der Waals surface area contributed by atoms with Crippen molar-refractivity contribution >= 4 is 16.8 Å². The van der Waals surface area contributed by atoms with Crippen LogP contribution in [0, 0.1) is 0 Å². The summed E-state index contributed by atoms with van der Waals surface area (Å²) in [7, 11) is 0. The topological polar surface area (TPSA) is 87.0 Å². The molecule has 0 aliphatic carbocycles. The van der Waals surface area contributed by atoms with E-state index in [-0.39, 0.29) is 11.8 Å². The molecule has 7 heteroatoms. The Kier molecular flexibility index (Phi) is 4.23. The normalized spacial score (nSPS) is 18.0. The average molecular weight is 339 g/mol. The van der Waals surface area contributed by atoms with Gasteiger partial charge >= 0.3 is 11.8 Å². The highest BCUT2D eigenvalue weighted by Crippen LogP contribution is 2.21. The van der Waals surface area contributed by atoms with Crippen LogP contribution in [0.3, 0.4) is 0 Å². The molecule has 1 aromatic carbocycles. The van der Waals surface area contributed by atoms with Crippen molar-refractivity contribution in [1.29, 1.82) is 0 Å². The summed E-state index contributed by atoms with van der Waals surface area (Å²) in [6, 6.07) is 8.24. The van der Waals surface area contributed by atoms with Crippen LogP contribution in [0.1, 0.15) is 30.5 Å². The monoisotopic (exact) mass is 339 g/mol. The van der Waals surface area contributed by atoms with Gasteiger partial charge in [0.05, 0.1) is 0 Å². The number of likely N-dealkylation sites (tertiary alicyclic amines) is 1. The molecule has 3 aromatic rings. The number of aromatic amines is 1. The molecule has 1 fully saturated rings. The number of rotatable bonds is 5. The predicted octanol–water partition coefficient (Wildman–Crippen LogP) is 2.43. The highest BCUT2D eigenvalue weighted by atomic mass is 16.5. The molecular formula is C18H21N5O2. The van der Waals surface area contributed by atoms with Gasteiger partial charge in [-0.25, -0.2) is 0 Å². The highest BCUT2D eigenvalue weighted by Gasteiger charge is 2.24. The summed E-state index contributed by atoms with van der Waals surface area (Å²) in [6.45, 7) is 4.86. The van der Waals surface area contributed by atoms with Gasteiger partial charge in [0.15, 0.2) is 0 Å². The Balaban J connectivity index is 1.44. The van der Waals surface area contributed by atoms with Crippen LogP contribution in [0.25, 0.3) is 22.3 Å². The van der Waals surface area contributed by atoms with E-state index in [9.17, 15) is 4.79 Å². The van der Waals surface area contributed by atoms with E-state index in [1.807, 2.05) is 30.5 Å². The van der Waals surface area contributed by atoms with Gasteiger partial charge < -0.3 is 14.8 Å². The number of H-pyrrole nitrogens is 1. The van der Waals surface area contributed by atoms with E-state index in [1.165, 1.54) is 6.42 Å². The first-order valence-electron chi connectivity index (χ1n) is 8.68. The Morgan fingerprint density at radius 2 is 2.36 bits per heavy atom. The molecule has 0 bridgehead atoms. The molecule has 1 amide bonds. The standard InChI is InChI=1S/C18H21N5O2/c1-2-23-9-3-4-14(23)11-20-17(24)18-21-16(22-25-18)13-6-5-12-7-8-19-15(12)10-13/h5-8,10,14,19H,2-4,9,11H2,1H3,(H,20,24). The van der Waals surface area contributed by atoms with Gasteiger partial charge in [0.1, 0.15) is 0 Å². The minimum atomic E-state index is -0.317. The van der Waals surface area contributed by atoms with E-state index >= 15 is 0 Å². The lowest BCUT2D eigenvalue weighted by Gasteiger charge is -2.22. The molecule has 1 unspecified atom stereocenters. The van der Waals surface area contributed by atoms with Crippen LogP contribution in [0.15, 0.2) is 35.0 Å². The van der Waals surface area contributed by atoms with Gasteiger partial charge in [-0.05, 0) is 43.5 Å². The summed E-state index contributed by atoms with van der Waals surface area (Å²) in [5, 5.41) is 7.96. The molecule has 0 saturated carbocycles. The fraction of sp³-hybridized carbons (Fsp3) is 0.389. The fourth-order valence-corrected chi connectivity index (χ4v) is 3.45. The molecule has 0 spiro atoms. The molecule has 1 aliphatic heterocycles. The summed E-state index contributed by atoms with van der Waals surface area (Å²) < 4.78 is 5.15. The van der Waals surface area contributed by atoms with Crippen LogP contribution < -0.4 is 5.32 Å². The molecule has 2 N–H and O–H groups in total. The predicted molar refractivity (Wildman–Crippen MR) is 94.2 cm³/mol. The van der Waals surface area contributed by atoms with Crippen molar-refractivity contribution in [2.45, 2.75) is 25.8 Å². The van der Waals surface area contributed by atoms with Crippen LogP contribution in [-0.2, 0) is 0 Å². The number of fused-ring (bicyclic) bond motifs is 1. The van der Waals surface area contributed by atoms with Crippen molar-refractivity contribution in [3.63, 3.8) is 0 Å².